The molecule has 10 heavy (non-hydrogen) atoms. The van der Waals surface area contributed by atoms with Crippen LogP contribution in [0, 0.1) is 0 Å². The van der Waals surface area contributed by atoms with Crippen molar-refractivity contribution in [3.8, 4) is 0 Å². The first-order valence-electron chi connectivity index (χ1n) is 3.86. The Morgan fingerprint density at radius 3 is 2.80 bits per heavy atom. The zero-order valence-corrected chi connectivity index (χ0v) is 8.02. The van der Waals surface area contributed by atoms with E-state index in [0.29, 0.717) is 6.10 Å². The molecule has 1 saturated heterocycles. The van der Waals surface area contributed by atoms with Crippen LogP contribution in [-0.2, 0) is 9.16 Å². The molecule has 0 aromatic heterocycles. The van der Waals surface area contributed by atoms with Crippen molar-refractivity contribution in [2.75, 3.05) is 12.8 Å². The topological polar surface area (TPSA) is 18.5 Å². The van der Waals surface area contributed by atoms with Crippen LogP contribution >= 0.6 is 0 Å². The lowest BCUT2D eigenvalue weighted by atomic mass is 10.3. The van der Waals surface area contributed by atoms with E-state index in [2.05, 4.69) is 20.0 Å². The minimum absolute atomic E-state index is 0.397. The highest BCUT2D eigenvalue weighted by Crippen LogP contribution is 2.13. The third-order valence-corrected chi connectivity index (χ3v) is 3.58. The number of rotatable bonds is 0. The fraction of sp³-hybridized carbons (Fsp3) is 1.00. The molecule has 60 valence electrons. The fourth-order valence-electron chi connectivity index (χ4n) is 0.969. The van der Waals surface area contributed by atoms with Gasteiger partial charge in [0.1, 0.15) is 0 Å². The molecule has 1 aliphatic rings. The second kappa shape index (κ2) is 3.03. The molecule has 0 aliphatic carbocycles. The molecule has 0 saturated carbocycles. The van der Waals surface area contributed by atoms with Crippen LogP contribution in [0.25, 0.3) is 0 Å². The molecule has 1 rings (SSSR count). The van der Waals surface area contributed by atoms with Crippen molar-refractivity contribution in [1.82, 2.24) is 0 Å². The van der Waals surface area contributed by atoms with Gasteiger partial charge in [-0.25, -0.2) is 0 Å². The van der Waals surface area contributed by atoms with Gasteiger partial charge < -0.3 is 9.16 Å². The Balaban J connectivity index is 2.41. The smallest absolute Gasteiger partial charge is 0.211 e. The summed E-state index contributed by atoms with van der Waals surface area (Å²) in [6.07, 6.45) is 2.30. The van der Waals surface area contributed by atoms with Gasteiger partial charge in [0.15, 0.2) is 0 Å². The van der Waals surface area contributed by atoms with Gasteiger partial charge >= 0.3 is 0 Å². The summed E-state index contributed by atoms with van der Waals surface area (Å²) in [5.41, 5.74) is 0. The minimum Gasteiger partial charge on any atom is -0.415 e. The van der Waals surface area contributed by atoms with Gasteiger partial charge in [0, 0.05) is 6.61 Å². The zero-order valence-electron chi connectivity index (χ0n) is 7.02. The van der Waals surface area contributed by atoms with Gasteiger partial charge in [0.25, 0.3) is 0 Å². The molecule has 1 heterocycles. The number of hydrogen-bond donors (Lipinski definition) is 0. The van der Waals surface area contributed by atoms with Crippen molar-refractivity contribution in [1.29, 1.82) is 0 Å². The average molecular weight is 160 g/mol. The largest absolute Gasteiger partial charge is 0.415 e. The Kier molecular flexibility index (Phi) is 2.49. The Hall–Kier alpha value is 0.137. The van der Waals surface area contributed by atoms with Crippen molar-refractivity contribution >= 4 is 8.32 Å². The summed E-state index contributed by atoms with van der Waals surface area (Å²) in [5, 5.41) is 0. The number of ether oxygens (including phenoxy) is 1. The van der Waals surface area contributed by atoms with Gasteiger partial charge in [-0.3, -0.25) is 0 Å². The lowest BCUT2D eigenvalue weighted by Crippen LogP contribution is -2.35. The molecule has 1 atom stereocenters. The highest BCUT2D eigenvalue weighted by Gasteiger charge is 2.26. The SMILES string of the molecule is CC1CCO[Si](C)(C)CO1. The van der Waals surface area contributed by atoms with Crippen molar-refractivity contribution < 1.29 is 9.16 Å². The quantitative estimate of drug-likeness (QED) is 0.501. The van der Waals surface area contributed by atoms with Crippen LogP contribution in [0.5, 0.6) is 0 Å². The maximum atomic E-state index is 5.67. The second-order valence-corrected chi connectivity index (χ2v) is 7.62. The van der Waals surface area contributed by atoms with Gasteiger partial charge in [-0.2, -0.15) is 0 Å². The Bertz CT molecular complexity index is 114. The van der Waals surface area contributed by atoms with Crippen molar-refractivity contribution in [2.24, 2.45) is 0 Å². The predicted molar refractivity (Wildman–Crippen MR) is 43.5 cm³/mol. The minimum atomic E-state index is -1.40. The van der Waals surface area contributed by atoms with Crippen molar-refractivity contribution in [2.45, 2.75) is 32.5 Å². The van der Waals surface area contributed by atoms with Gasteiger partial charge in [0.05, 0.1) is 12.3 Å². The van der Waals surface area contributed by atoms with E-state index in [9.17, 15) is 0 Å². The summed E-state index contributed by atoms with van der Waals surface area (Å²) >= 11 is 0. The van der Waals surface area contributed by atoms with Crippen LogP contribution in [0.3, 0.4) is 0 Å². The molecule has 1 unspecified atom stereocenters. The predicted octanol–water partition coefficient (Wildman–Crippen LogP) is 1.56. The summed E-state index contributed by atoms with van der Waals surface area (Å²) in [6, 6.07) is 0. The van der Waals surface area contributed by atoms with Crippen LogP contribution in [0.2, 0.25) is 13.1 Å². The maximum absolute atomic E-state index is 5.67. The van der Waals surface area contributed by atoms with Crippen LogP contribution < -0.4 is 0 Å². The third-order valence-electron chi connectivity index (χ3n) is 1.73. The summed E-state index contributed by atoms with van der Waals surface area (Å²) in [7, 11) is -1.40. The molecule has 3 heteroatoms. The van der Waals surface area contributed by atoms with Crippen molar-refractivity contribution in [3.63, 3.8) is 0 Å². The van der Waals surface area contributed by atoms with E-state index in [-0.39, 0.29) is 0 Å². The van der Waals surface area contributed by atoms with Crippen LogP contribution in [0.4, 0.5) is 0 Å². The summed E-state index contributed by atoms with van der Waals surface area (Å²) in [6.45, 7) is 7.40. The fourth-order valence-corrected chi connectivity index (χ4v) is 2.41. The van der Waals surface area contributed by atoms with Gasteiger partial charge in [-0.15, -0.1) is 0 Å². The molecule has 1 fully saturated rings. The third kappa shape index (κ3) is 2.40. The molecule has 1 aliphatic heterocycles. The molecule has 0 radical (unpaired) electrons. The van der Waals surface area contributed by atoms with E-state index in [1.165, 1.54) is 0 Å². The van der Waals surface area contributed by atoms with E-state index >= 15 is 0 Å². The van der Waals surface area contributed by atoms with E-state index in [1.54, 1.807) is 0 Å². The Morgan fingerprint density at radius 2 is 2.10 bits per heavy atom. The van der Waals surface area contributed by atoms with Crippen LogP contribution in [-0.4, -0.2) is 27.3 Å². The molecule has 0 N–H and O–H groups in total. The zero-order chi connectivity index (χ0) is 7.61. The van der Waals surface area contributed by atoms with E-state index in [4.69, 9.17) is 9.16 Å². The first kappa shape index (κ1) is 8.24. The average Bonchev–Trinajstić information content (AvgIpc) is 1.94. The van der Waals surface area contributed by atoms with Crippen molar-refractivity contribution in [3.05, 3.63) is 0 Å². The molecule has 0 aromatic rings. The molecule has 2 nitrogen and oxygen atoms in total. The second-order valence-electron chi connectivity index (χ2n) is 3.52. The van der Waals surface area contributed by atoms with Crippen LogP contribution in [0.15, 0.2) is 0 Å². The normalized spacial score (nSPS) is 33.3. The van der Waals surface area contributed by atoms with E-state index in [1.807, 2.05) is 0 Å². The molecule has 0 bridgehead atoms. The summed E-state index contributed by atoms with van der Waals surface area (Å²) < 4.78 is 11.2. The number of hydrogen-bond acceptors (Lipinski definition) is 2. The highest BCUT2D eigenvalue weighted by molar-refractivity contribution is 6.71. The summed E-state index contributed by atoms with van der Waals surface area (Å²) in [5.74, 6) is 0. The standard InChI is InChI=1S/C7H16O2Si/c1-7-4-5-9-10(2,3)6-8-7/h7H,4-6H2,1-3H3. The van der Waals surface area contributed by atoms with E-state index < -0.39 is 8.32 Å². The summed E-state index contributed by atoms with van der Waals surface area (Å²) in [4.78, 5) is 0. The van der Waals surface area contributed by atoms with E-state index in [0.717, 1.165) is 19.3 Å². The van der Waals surface area contributed by atoms with Gasteiger partial charge in [-0.1, -0.05) is 0 Å². The first-order chi connectivity index (χ1) is 4.60. The Labute approximate surface area is 63.7 Å². The monoisotopic (exact) mass is 160 g/mol. The lowest BCUT2D eigenvalue weighted by molar-refractivity contribution is 0.0970. The molecular formula is C7H16O2Si. The molecule has 0 spiro atoms. The van der Waals surface area contributed by atoms with Gasteiger partial charge in [-0.05, 0) is 26.4 Å². The molecule has 0 amide bonds. The molecule has 0 aromatic carbocycles. The first-order valence-corrected chi connectivity index (χ1v) is 6.97. The highest BCUT2D eigenvalue weighted by atomic mass is 28.4. The lowest BCUT2D eigenvalue weighted by Gasteiger charge is -2.18. The maximum Gasteiger partial charge on any atom is 0.211 e. The van der Waals surface area contributed by atoms with Gasteiger partial charge in [0.2, 0.25) is 8.32 Å². The molecular weight excluding hydrogens is 144 g/mol. The Morgan fingerprint density at radius 1 is 1.40 bits per heavy atom. The van der Waals surface area contributed by atoms with Crippen LogP contribution in [0.1, 0.15) is 13.3 Å².